The van der Waals surface area contributed by atoms with Gasteiger partial charge in [0.05, 0.1) is 12.6 Å². The number of phenolic OH excluding ortho intramolecular Hbond substituents is 1. The van der Waals surface area contributed by atoms with E-state index in [-0.39, 0.29) is 36.8 Å². The van der Waals surface area contributed by atoms with Crippen molar-refractivity contribution in [3.05, 3.63) is 29.8 Å². The first-order valence-corrected chi connectivity index (χ1v) is 10.4. The first kappa shape index (κ1) is 26.2. The molecule has 0 spiro atoms. The summed E-state index contributed by atoms with van der Waals surface area (Å²) in [5.74, 6) is -2.98. The first-order valence-electron chi connectivity index (χ1n) is 9.78. The maximum absolute atomic E-state index is 12.4. The lowest BCUT2D eigenvalue weighted by Crippen LogP contribution is -2.54. The van der Waals surface area contributed by atoms with Crippen LogP contribution in [0, 0.1) is 5.92 Å². The van der Waals surface area contributed by atoms with Crippen LogP contribution in [0.25, 0.3) is 0 Å². The van der Waals surface area contributed by atoms with E-state index in [2.05, 4.69) is 28.6 Å². The molecule has 0 aromatic heterocycles. The van der Waals surface area contributed by atoms with Gasteiger partial charge in [-0.1, -0.05) is 26.0 Å². The molecule has 0 heterocycles. The van der Waals surface area contributed by atoms with Crippen molar-refractivity contribution in [1.29, 1.82) is 0 Å². The summed E-state index contributed by atoms with van der Waals surface area (Å²) in [7, 11) is 0. The Morgan fingerprint density at radius 3 is 2.16 bits per heavy atom. The van der Waals surface area contributed by atoms with E-state index in [0.717, 1.165) is 5.56 Å². The summed E-state index contributed by atoms with van der Waals surface area (Å²) in [5, 5.41) is 25.6. The van der Waals surface area contributed by atoms with Crippen LogP contribution in [0.1, 0.15) is 25.8 Å². The fourth-order valence-corrected chi connectivity index (χ4v) is 2.93. The monoisotopic (exact) mass is 454 g/mol. The zero-order valence-electron chi connectivity index (χ0n) is 17.5. The van der Waals surface area contributed by atoms with Crippen molar-refractivity contribution in [2.45, 2.75) is 44.8 Å². The van der Waals surface area contributed by atoms with E-state index in [1.165, 1.54) is 12.1 Å². The molecule has 0 radical (unpaired) electrons. The Hall–Kier alpha value is -2.79. The third kappa shape index (κ3) is 9.71. The predicted octanol–water partition coefficient (Wildman–Crippen LogP) is -0.592. The van der Waals surface area contributed by atoms with Crippen LogP contribution in [0.3, 0.4) is 0 Å². The molecule has 0 saturated carbocycles. The van der Waals surface area contributed by atoms with E-state index in [4.69, 9.17) is 10.8 Å². The zero-order valence-corrected chi connectivity index (χ0v) is 18.4. The molecule has 11 heteroatoms. The standard InChI is InChI=1S/C20H30N4O6S/c1-11(2)7-15(19(28)24-16(10-31)20(29)30)23-17(26)9-22-18(27)14(21)8-12-3-5-13(25)6-4-12/h3-6,11,14-16,25,31H,7-10,21H2,1-2H3,(H,22,27)(H,23,26)(H,24,28)(H,29,30). The number of thiol groups is 1. The zero-order chi connectivity index (χ0) is 23.6. The van der Waals surface area contributed by atoms with Crippen LogP contribution in [0.4, 0.5) is 0 Å². The van der Waals surface area contributed by atoms with Crippen LogP contribution >= 0.6 is 12.6 Å². The van der Waals surface area contributed by atoms with E-state index >= 15 is 0 Å². The van der Waals surface area contributed by atoms with Gasteiger partial charge in [-0.25, -0.2) is 4.79 Å². The number of nitrogens with two attached hydrogens (primary N) is 1. The molecule has 0 saturated heterocycles. The molecule has 0 bridgehead atoms. The molecule has 0 aliphatic rings. The van der Waals surface area contributed by atoms with Gasteiger partial charge >= 0.3 is 5.97 Å². The maximum atomic E-state index is 12.4. The van der Waals surface area contributed by atoms with Gasteiger partial charge in [-0.15, -0.1) is 0 Å². The summed E-state index contributed by atoms with van der Waals surface area (Å²) < 4.78 is 0. The normalized spacial score (nSPS) is 13.7. The largest absolute Gasteiger partial charge is 0.508 e. The van der Waals surface area contributed by atoms with Crippen molar-refractivity contribution in [3.8, 4) is 5.75 Å². The van der Waals surface area contributed by atoms with Crippen molar-refractivity contribution in [2.24, 2.45) is 11.7 Å². The number of hydrogen-bond acceptors (Lipinski definition) is 7. The molecule has 3 atom stereocenters. The number of rotatable bonds is 12. The Labute approximate surface area is 186 Å². The molecule has 0 aliphatic carbocycles. The number of carboxylic acids is 1. The number of carboxylic acid groups (broad SMARTS) is 1. The highest BCUT2D eigenvalue weighted by Gasteiger charge is 2.26. The summed E-state index contributed by atoms with van der Waals surface area (Å²) in [6.45, 7) is 3.31. The number of nitrogens with one attached hydrogen (secondary N) is 3. The van der Waals surface area contributed by atoms with Crippen LogP contribution in [0.15, 0.2) is 24.3 Å². The van der Waals surface area contributed by atoms with Gasteiger partial charge in [0.2, 0.25) is 17.7 Å². The summed E-state index contributed by atoms with van der Waals surface area (Å²) in [6.07, 6.45) is 0.497. The highest BCUT2D eigenvalue weighted by Crippen LogP contribution is 2.11. The molecule has 7 N–H and O–H groups in total. The predicted molar refractivity (Wildman–Crippen MR) is 118 cm³/mol. The Morgan fingerprint density at radius 2 is 1.65 bits per heavy atom. The number of benzene rings is 1. The summed E-state index contributed by atoms with van der Waals surface area (Å²) in [6, 6.07) is 3.20. The van der Waals surface area contributed by atoms with Crippen molar-refractivity contribution >= 4 is 36.3 Å². The fourth-order valence-electron chi connectivity index (χ4n) is 2.68. The van der Waals surface area contributed by atoms with Gasteiger partial charge in [0.1, 0.15) is 17.8 Å². The summed E-state index contributed by atoms with van der Waals surface area (Å²) in [4.78, 5) is 47.9. The maximum Gasteiger partial charge on any atom is 0.327 e. The summed E-state index contributed by atoms with van der Waals surface area (Å²) in [5.41, 5.74) is 6.60. The lowest BCUT2D eigenvalue weighted by atomic mass is 10.0. The first-order chi connectivity index (χ1) is 14.5. The van der Waals surface area contributed by atoms with Crippen molar-refractivity contribution < 1.29 is 29.4 Å². The molecule has 1 aromatic rings. The average Bonchev–Trinajstić information content (AvgIpc) is 2.70. The van der Waals surface area contributed by atoms with Gasteiger partial charge in [0.25, 0.3) is 0 Å². The van der Waals surface area contributed by atoms with Gasteiger partial charge in [-0.3, -0.25) is 14.4 Å². The number of hydrogen-bond donors (Lipinski definition) is 7. The molecular weight excluding hydrogens is 424 g/mol. The van der Waals surface area contributed by atoms with Gasteiger partial charge in [-0.2, -0.15) is 12.6 Å². The number of phenols is 1. The lowest BCUT2D eigenvalue weighted by Gasteiger charge is -2.22. The lowest BCUT2D eigenvalue weighted by molar-refractivity contribution is -0.141. The van der Waals surface area contributed by atoms with Gasteiger partial charge < -0.3 is 31.9 Å². The van der Waals surface area contributed by atoms with Crippen LogP contribution in [-0.4, -0.2) is 64.3 Å². The number of carbonyl (C=O) groups is 4. The van der Waals surface area contributed by atoms with Gasteiger partial charge in [-0.05, 0) is 36.5 Å². The third-order valence-electron chi connectivity index (χ3n) is 4.31. The third-order valence-corrected chi connectivity index (χ3v) is 4.67. The smallest absolute Gasteiger partial charge is 0.327 e. The molecule has 31 heavy (non-hydrogen) atoms. The molecular formula is C20H30N4O6S. The Balaban J connectivity index is 2.60. The highest BCUT2D eigenvalue weighted by atomic mass is 32.1. The van der Waals surface area contributed by atoms with Gasteiger partial charge in [0.15, 0.2) is 0 Å². The molecule has 3 unspecified atom stereocenters. The van der Waals surface area contributed by atoms with E-state index in [0.29, 0.717) is 0 Å². The number of aromatic hydroxyl groups is 1. The molecule has 0 aliphatic heterocycles. The molecule has 1 aromatic carbocycles. The van der Waals surface area contributed by atoms with Crippen LogP contribution < -0.4 is 21.7 Å². The summed E-state index contributed by atoms with van der Waals surface area (Å²) >= 11 is 3.90. The Kier molecular flexibility index (Phi) is 10.8. The second-order valence-electron chi connectivity index (χ2n) is 7.53. The van der Waals surface area contributed by atoms with E-state index in [9.17, 15) is 24.3 Å². The van der Waals surface area contributed by atoms with Gasteiger partial charge in [0, 0.05) is 5.75 Å². The van der Waals surface area contributed by atoms with E-state index in [1.54, 1.807) is 12.1 Å². The van der Waals surface area contributed by atoms with Crippen LogP contribution in [0.5, 0.6) is 5.75 Å². The Morgan fingerprint density at radius 1 is 1.03 bits per heavy atom. The Bertz CT molecular complexity index is 771. The molecule has 3 amide bonds. The van der Waals surface area contributed by atoms with E-state index in [1.807, 2.05) is 13.8 Å². The fraction of sp³-hybridized carbons (Fsp3) is 0.500. The molecule has 1 rings (SSSR count). The minimum Gasteiger partial charge on any atom is -0.508 e. The van der Waals surface area contributed by atoms with Crippen molar-refractivity contribution in [1.82, 2.24) is 16.0 Å². The molecule has 172 valence electrons. The van der Waals surface area contributed by atoms with Crippen LogP contribution in [0.2, 0.25) is 0 Å². The molecule has 0 fully saturated rings. The van der Waals surface area contributed by atoms with Crippen LogP contribution in [-0.2, 0) is 25.6 Å². The number of amides is 3. The minimum absolute atomic E-state index is 0.0450. The van der Waals surface area contributed by atoms with Crippen molar-refractivity contribution in [2.75, 3.05) is 12.3 Å². The second kappa shape index (κ2) is 12.8. The second-order valence-corrected chi connectivity index (χ2v) is 7.89. The number of aliphatic carboxylic acids is 1. The number of carbonyl (C=O) groups excluding carboxylic acids is 3. The highest BCUT2D eigenvalue weighted by molar-refractivity contribution is 7.80. The average molecular weight is 455 g/mol. The quantitative estimate of drug-likeness (QED) is 0.207. The topological polar surface area (TPSA) is 171 Å². The molecule has 10 nitrogen and oxygen atoms in total. The SMILES string of the molecule is CC(C)CC(NC(=O)CNC(=O)C(N)Cc1ccc(O)cc1)C(=O)NC(CS)C(=O)O. The van der Waals surface area contributed by atoms with Crippen molar-refractivity contribution in [3.63, 3.8) is 0 Å². The minimum atomic E-state index is -1.23. The van der Waals surface area contributed by atoms with E-state index < -0.39 is 41.8 Å².